The quantitative estimate of drug-likeness (QED) is 0.771. The smallest absolute Gasteiger partial charge is 0.213 e. The van der Waals surface area contributed by atoms with Gasteiger partial charge in [0.15, 0.2) is 0 Å². The van der Waals surface area contributed by atoms with E-state index in [1.54, 1.807) is 13.3 Å². The number of ether oxygens (including phenoxy) is 1. The van der Waals surface area contributed by atoms with Gasteiger partial charge in [0.05, 0.1) is 12.8 Å². The van der Waals surface area contributed by atoms with E-state index in [2.05, 4.69) is 23.0 Å². The first kappa shape index (κ1) is 10.6. The van der Waals surface area contributed by atoms with Crippen molar-refractivity contribution in [3.05, 3.63) is 41.7 Å². The van der Waals surface area contributed by atoms with Gasteiger partial charge in [-0.15, -0.1) is 0 Å². The lowest BCUT2D eigenvalue weighted by molar-refractivity contribution is 0.398. The molecule has 0 saturated carbocycles. The van der Waals surface area contributed by atoms with E-state index < -0.39 is 0 Å². The first-order valence-corrected chi connectivity index (χ1v) is 5.14. The van der Waals surface area contributed by atoms with E-state index in [9.17, 15) is 0 Å². The second kappa shape index (κ2) is 4.31. The average Bonchev–Trinajstić information content (AvgIpc) is 2.29. The second-order valence-electron chi connectivity index (χ2n) is 3.77. The van der Waals surface area contributed by atoms with Gasteiger partial charge >= 0.3 is 0 Å². The minimum Gasteiger partial charge on any atom is -0.481 e. The van der Waals surface area contributed by atoms with Crippen LogP contribution in [0.25, 0.3) is 11.3 Å². The van der Waals surface area contributed by atoms with Crippen molar-refractivity contribution in [3.8, 4) is 17.1 Å². The van der Waals surface area contributed by atoms with E-state index in [0.717, 1.165) is 16.8 Å². The van der Waals surface area contributed by atoms with Crippen LogP contribution in [0.3, 0.4) is 0 Å². The molecule has 0 aromatic carbocycles. The molecule has 0 aliphatic rings. The highest BCUT2D eigenvalue weighted by molar-refractivity contribution is 5.63. The summed E-state index contributed by atoms with van der Waals surface area (Å²) in [7, 11) is 1.61. The van der Waals surface area contributed by atoms with Crippen LogP contribution in [0, 0.1) is 13.8 Å². The van der Waals surface area contributed by atoms with Crippen molar-refractivity contribution in [2.24, 2.45) is 0 Å². The van der Waals surface area contributed by atoms with Crippen molar-refractivity contribution in [1.82, 2.24) is 9.97 Å². The summed E-state index contributed by atoms with van der Waals surface area (Å²) in [5.41, 5.74) is 4.34. The van der Waals surface area contributed by atoms with Gasteiger partial charge < -0.3 is 4.74 Å². The highest BCUT2D eigenvalue weighted by Crippen LogP contribution is 2.23. The predicted octanol–water partition coefficient (Wildman–Crippen LogP) is 2.77. The second-order valence-corrected chi connectivity index (χ2v) is 3.77. The van der Waals surface area contributed by atoms with Gasteiger partial charge in [0, 0.05) is 24.0 Å². The number of hydrogen-bond acceptors (Lipinski definition) is 3. The number of methoxy groups -OCH3 is 1. The molecule has 0 amide bonds. The number of hydrogen-bond donors (Lipinski definition) is 0. The molecule has 0 N–H and O–H groups in total. The van der Waals surface area contributed by atoms with Crippen LogP contribution in [0.15, 0.2) is 30.6 Å². The van der Waals surface area contributed by atoms with Crippen LogP contribution >= 0.6 is 0 Å². The molecule has 0 bridgehead atoms. The highest BCUT2D eigenvalue weighted by Gasteiger charge is 2.05. The predicted molar refractivity (Wildman–Crippen MR) is 63.5 cm³/mol. The molecule has 0 spiro atoms. The maximum atomic E-state index is 5.10. The SMILES string of the molecule is COc1cc(-c2ncc(C)cc2C)ccn1. The maximum absolute atomic E-state index is 5.10. The van der Waals surface area contributed by atoms with Crippen LogP contribution in [0.5, 0.6) is 5.88 Å². The molecule has 2 aromatic rings. The van der Waals surface area contributed by atoms with Gasteiger partial charge in [-0.1, -0.05) is 6.07 Å². The largest absolute Gasteiger partial charge is 0.481 e. The Morgan fingerprint density at radius 1 is 1.12 bits per heavy atom. The van der Waals surface area contributed by atoms with E-state index in [-0.39, 0.29) is 0 Å². The van der Waals surface area contributed by atoms with Crippen LogP contribution < -0.4 is 4.74 Å². The first-order chi connectivity index (χ1) is 7.70. The van der Waals surface area contributed by atoms with Gasteiger partial charge in [0.2, 0.25) is 5.88 Å². The van der Waals surface area contributed by atoms with Crippen molar-refractivity contribution < 1.29 is 4.74 Å². The minimum absolute atomic E-state index is 0.610. The summed E-state index contributed by atoms with van der Waals surface area (Å²) in [4.78, 5) is 8.52. The van der Waals surface area contributed by atoms with Crippen LogP contribution in [-0.2, 0) is 0 Å². The third kappa shape index (κ3) is 2.03. The Hall–Kier alpha value is -1.90. The summed E-state index contributed by atoms with van der Waals surface area (Å²) in [6.45, 7) is 4.10. The van der Waals surface area contributed by atoms with E-state index in [4.69, 9.17) is 4.74 Å². The fourth-order valence-electron chi connectivity index (χ4n) is 1.69. The molecule has 3 nitrogen and oxygen atoms in total. The van der Waals surface area contributed by atoms with Crippen molar-refractivity contribution in [3.63, 3.8) is 0 Å². The Balaban J connectivity index is 2.49. The number of aryl methyl sites for hydroxylation is 2. The third-order valence-electron chi connectivity index (χ3n) is 2.43. The molecule has 0 radical (unpaired) electrons. The van der Waals surface area contributed by atoms with Gasteiger partial charge in [-0.3, -0.25) is 4.98 Å². The highest BCUT2D eigenvalue weighted by atomic mass is 16.5. The molecule has 0 aliphatic carbocycles. The lowest BCUT2D eigenvalue weighted by Crippen LogP contribution is -1.92. The molecule has 82 valence electrons. The Morgan fingerprint density at radius 2 is 1.94 bits per heavy atom. The maximum Gasteiger partial charge on any atom is 0.213 e. The van der Waals surface area contributed by atoms with Gasteiger partial charge in [-0.2, -0.15) is 0 Å². The van der Waals surface area contributed by atoms with Crippen LogP contribution in [0.4, 0.5) is 0 Å². The fourth-order valence-corrected chi connectivity index (χ4v) is 1.69. The Morgan fingerprint density at radius 3 is 2.62 bits per heavy atom. The number of rotatable bonds is 2. The Kier molecular flexibility index (Phi) is 2.86. The van der Waals surface area contributed by atoms with Gasteiger partial charge in [-0.25, -0.2) is 4.98 Å². The van der Waals surface area contributed by atoms with Crippen LogP contribution in [0.2, 0.25) is 0 Å². The zero-order valence-electron chi connectivity index (χ0n) is 9.69. The molecule has 0 atom stereocenters. The van der Waals surface area contributed by atoms with Crippen LogP contribution in [0.1, 0.15) is 11.1 Å². The van der Waals surface area contributed by atoms with E-state index in [0.29, 0.717) is 5.88 Å². The number of aromatic nitrogens is 2. The molecule has 16 heavy (non-hydrogen) atoms. The van der Waals surface area contributed by atoms with Gasteiger partial charge in [-0.05, 0) is 31.0 Å². The lowest BCUT2D eigenvalue weighted by atomic mass is 10.1. The summed E-state index contributed by atoms with van der Waals surface area (Å²) in [5.74, 6) is 0.610. The van der Waals surface area contributed by atoms with Crippen molar-refractivity contribution in [1.29, 1.82) is 0 Å². The van der Waals surface area contributed by atoms with Gasteiger partial charge in [0.25, 0.3) is 0 Å². The van der Waals surface area contributed by atoms with E-state index in [1.165, 1.54) is 5.56 Å². The molecule has 0 saturated heterocycles. The van der Waals surface area contributed by atoms with E-state index in [1.807, 2.05) is 25.3 Å². The number of nitrogens with zero attached hydrogens (tertiary/aromatic N) is 2. The minimum atomic E-state index is 0.610. The summed E-state index contributed by atoms with van der Waals surface area (Å²) in [6, 6.07) is 5.95. The molecule has 0 unspecified atom stereocenters. The fraction of sp³-hybridized carbons (Fsp3) is 0.231. The zero-order valence-corrected chi connectivity index (χ0v) is 9.69. The molecule has 0 aliphatic heterocycles. The Bertz CT molecular complexity index is 509. The Labute approximate surface area is 95.1 Å². The summed E-state index contributed by atoms with van der Waals surface area (Å²) >= 11 is 0. The topological polar surface area (TPSA) is 35.0 Å². The van der Waals surface area contributed by atoms with Crippen molar-refractivity contribution in [2.45, 2.75) is 13.8 Å². The molecule has 3 heteroatoms. The molecule has 2 aromatic heterocycles. The molecular formula is C13H14N2O. The monoisotopic (exact) mass is 214 g/mol. The first-order valence-electron chi connectivity index (χ1n) is 5.14. The molecule has 2 rings (SSSR count). The summed E-state index contributed by atoms with van der Waals surface area (Å²) in [5, 5.41) is 0. The molecule has 0 fully saturated rings. The van der Waals surface area contributed by atoms with Crippen molar-refractivity contribution in [2.75, 3.05) is 7.11 Å². The lowest BCUT2D eigenvalue weighted by Gasteiger charge is -2.06. The molecule has 2 heterocycles. The normalized spacial score (nSPS) is 10.2. The third-order valence-corrected chi connectivity index (χ3v) is 2.43. The number of pyridine rings is 2. The average molecular weight is 214 g/mol. The summed E-state index contributed by atoms with van der Waals surface area (Å²) < 4.78 is 5.10. The zero-order chi connectivity index (χ0) is 11.5. The van der Waals surface area contributed by atoms with Crippen LogP contribution in [-0.4, -0.2) is 17.1 Å². The standard InChI is InChI=1S/C13H14N2O/c1-9-6-10(2)13(15-8-9)11-4-5-14-12(7-11)16-3/h4-8H,1-3H3. The van der Waals surface area contributed by atoms with Gasteiger partial charge in [0.1, 0.15) is 0 Å². The van der Waals surface area contributed by atoms with E-state index >= 15 is 0 Å². The van der Waals surface area contributed by atoms with Crippen molar-refractivity contribution >= 4 is 0 Å². The summed E-state index contributed by atoms with van der Waals surface area (Å²) in [6.07, 6.45) is 3.60. The molecular weight excluding hydrogens is 200 g/mol.